The van der Waals surface area contributed by atoms with Gasteiger partial charge in [0.1, 0.15) is 4.99 Å². The van der Waals surface area contributed by atoms with Crippen molar-refractivity contribution < 1.29 is 0 Å². The van der Waals surface area contributed by atoms with Crippen molar-refractivity contribution in [2.75, 3.05) is 7.05 Å². The summed E-state index contributed by atoms with van der Waals surface area (Å²) in [7, 11) is 3.73. The Labute approximate surface area is 123 Å². The van der Waals surface area contributed by atoms with Gasteiger partial charge in [0.05, 0.1) is 11.8 Å². The Bertz CT molecular complexity index is 679. The predicted molar refractivity (Wildman–Crippen MR) is 82.7 cm³/mol. The quantitative estimate of drug-likeness (QED) is 0.641. The van der Waals surface area contributed by atoms with Crippen molar-refractivity contribution in [2.24, 2.45) is 7.05 Å². The minimum atomic E-state index is 0.572. The summed E-state index contributed by atoms with van der Waals surface area (Å²) in [6.45, 7) is 0. The van der Waals surface area contributed by atoms with Gasteiger partial charge < -0.3 is 9.47 Å². The van der Waals surface area contributed by atoms with E-state index >= 15 is 0 Å². The Balaban J connectivity index is 2.37. The standard InChI is InChI=1S/C15H14N4S/c1-18-11-10-17-14(18)15(20)19(2)13(8-9-16)12-6-4-3-5-7-12/h3-8,10-11H,1-2H3/b13-8-. The molecule has 1 aromatic heterocycles. The van der Waals surface area contributed by atoms with Crippen molar-refractivity contribution in [3.8, 4) is 6.07 Å². The Morgan fingerprint density at radius 2 is 2.10 bits per heavy atom. The lowest BCUT2D eigenvalue weighted by Crippen LogP contribution is -2.26. The molecule has 5 heteroatoms. The van der Waals surface area contributed by atoms with Gasteiger partial charge in [0.15, 0.2) is 5.82 Å². The maximum Gasteiger partial charge on any atom is 0.167 e. The van der Waals surface area contributed by atoms with E-state index in [0.717, 1.165) is 11.3 Å². The molecule has 20 heavy (non-hydrogen) atoms. The van der Waals surface area contributed by atoms with Crippen LogP contribution in [0.2, 0.25) is 0 Å². The average molecular weight is 282 g/mol. The first kappa shape index (κ1) is 14.0. The number of allylic oxidation sites excluding steroid dienone is 1. The number of rotatable bonds is 3. The minimum absolute atomic E-state index is 0.572. The Morgan fingerprint density at radius 1 is 1.40 bits per heavy atom. The number of hydrogen-bond donors (Lipinski definition) is 0. The number of aryl methyl sites for hydroxylation is 1. The fourth-order valence-corrected chi connectivity index (χ4v) is 2.17. The summed E-state index contributed by atoms with van der Waals surface area (Å²) in [6, 6.07) is 11.8. The van der Waals surface area contributed by atoms with Gasteiger partial charge in [0.25, 0.3) is 0 Å². The highest BCUT2D eigenvalue weighted by atomic mass is 32.1. The first-order valence-corrected chi connectivity index (χ1v) is 6.46. The zero-order chi connectivity index (χ0) is 14.5. The molecule has 0 radical (unpaired) electrons. The third-order valence-corrected chi connectivity index (χ3v) is 3.41. The number of benzene rings is 1. The number of aromatic nitrogens is 2. The zero-order valence-electron chi connectivity index (χ0n) is 11.3. The summed E-state index contributed by atoms with van der Waals surface area (Å²) in [4.78, 5) is 6.62. The van der Waals surface area contributed by atoms with Crippen LogP contribution >= 0.6 is 12.2 Å². The normalized spacial score (nSPS) is 10.9. The molecule has 0 bridgehead atoms. The summed E-state index contributed by atoms with van der Waals surface area (Å²) in [5, 5.41) is 9.00. The lowest BCUT2D eigenvalue weighted by Gasteiger charge is -2.22. The molecule has 1 heterocycles. The Kier molecular flexibility index (Phi) is 4.28. The summed E-state index contributed by atoms with van der Waals surface area (Å²) < 4.78 is 1.85. The average Bonchev–Trinajstić information content (AvgIpc) is 2.90. The second-order valence-electron chi connectivity index (χ2n) is 4.25. The molecule has 100 valence electrons. The number of imidazole rings is 1. The SMILES string of the molecule is CN(C(=S)c1nccn1C)/C(=C\C#N)c1ccccc1. The van der Waals surface area contributed by atoms with Gasteiger partial charge in [-0.05, 0) is 5.56 Å². The third kappa shape index (κ3) is 2.76. The summed E-state index contributed by atoms with van der Waals surface area (Å²) >= 11 is 5.47. The number of nitriles is 1. The fourth-order valence-electron chi connectivity index (χ4n) is 1.87. The van der Waals surface area contributed by atoms with Crippen molar-refractivity contribution >= 4 is 22.9 Å². The Hall–Kier alpha value is -2.45. The first-order valence-electron chi connectivity index (χ1n) is 6.05. The van der Waals surface area contributed by atoms with Crippen LogP contribution in [0.4, 0.5) is 0 Å². The maximum absolute atomic E-state index is 9.00. The molecule has 0 aliphatic heterocycles. The van der Waals surface area contributed by atoms with Crippen LogP contribution < -0.4 is 0 Å². The number of nitrogens with zero attached hydrogens (tertiary/aromatic N) is 4. The van der Waals surface area contributed by atoms with Crippen molar-refractivity contribution in [3.05, 3.63) is 60.2 Å². The molecule has 1 aromatic carbocycles. The van der Waals surface area contributed by atoms with E-state index in [0.29, 0.717) is 10.8 Å². The molecule has 0 fully saturated rings. The van der Waals surface area contributed by atoms with Gasteiger partial charge in [-0.15, -0.1) is 0 Å². The van der Waals surface area contributed by atoms with E-state index < -0.39 is 0 Å². The van der Waals surface area contributed by atoms with Crippen molar-refractivity contribution in [1.82, 2.24) is 14.5 Å². The molecule has 2 aromatic rings. The molecule has 0 amide bonds. The van der Waals surface area contributed by atoms with Gasteiger partial charge >= 0.3 is 0 Å². The highest BCUT2D eigenvalue weighted by Gasteiger charge is 2.16. The van der Waals surface area contributed by atoms with E-state index in [9.17, 15) is 0 Å². The lowest BCUT2D eigenvalue weighted by molar-refractivity contribution is 0.718. The topological polar surface area (TPSA) is 44.9 Å². The van der Waals surface area contributed by atoms with Gasteiger partial charge in [-0.2, -0.15) is 5.26 Å². The third-order valence-electron chi connectivity index (χ3n) is 2.95. The predicted octanol–water partition coefficient (Wildman–Crippen LogP) is 2.59. The van der Waals surface area contributed by atoms with E-state index in [1.807, 2.05) is 55.2 Å². The van der Waals surface area contributed by atoms with Crippen LogP contribution in [0.1, 0.15) is 11.4 Å². The maximum atomic E-state index is 9.00. The molecule has 0 saturated carbocycles. The van der Waals surface area contributed by atoms with Crippen LogP contribution in [0.25, 0.3) is 5.70 Å². The molecule has 2 rings (SSSR count). The molecule has 0 saturated heterocycles. The first-order chi connectivity index (χ1) is 9.65. The largest absolute Gasteiger partial charge is 0.332 e. The van der Waals surface area contributed by atoms with Gasteiger partial charge in [-0.3, -0.25) is 0 Å². The summed E-state index contributed by atoms with van der Waals surface area (Å²) in [5.74, 6) is 0.697. The van der Waals surface area contributed by atoms with E-state index in [2.05, 4.69) is 11.1 Å². The van der Waals surface area contributed by atoms with Crippen LogP contribution in [-0.4, -0.2) is 26.5 Å². The second kappa shape index (κ2) is 6.13. The number of hydrogen-bond acceptors (Lipinski definition) is 3. The van der Waals surface area contributed by atoms with Gasteiger partial charge in [0.2, 0.25) is 0 Å². The smallest absolute Gasteiger partial charge is 0.167 e. The highest BCUT2D eigenvalue weighted by Crippen LogP contribution is 2.19. The molecule has 0 atom stereocenters. The summed E-state index contributed by atoms with van der Waals surface area (Å²) in [6.07, 6.45) is 5.03. The monoisotopic (exact) mass is 282 g/mol. The molecular weight excluding hydrogens is 268 g/mol. The van der Waals surface area contributed by atoms with Crippen molar-refractivity contribution in [3.63, 3.8) is 0 Å². The molecule has 0 unspecified atom stereocenters. The summed E-state index contributed by atoms with van der Waals surface area (Å²) in [5.41, 5.74) is 1.69. The molecule has 0 aliphatic carbocycles. The van der Waals surface area contributed by atoms with Gasteiger partial charge in [-0.1, -0.05) is 42.5 Å². The van der Waals surface area contributed by atoms with E-state index in [-0.39, 0.29) is 0 Å². The van der Waals surface area contributed by atoms with Crippen LogP contribution in [0.5, 0.6) is 0 Å². The molecule has 0 N–H and O–H groups in total. The minimum Gasteiger partial charge on any atom is -0.332 e. The van der Waals surface area contributed by atoms with E-state index in [1.54, 1.807) is 11.1 Å². The Morgan fingerprint density at radius 3 is 2.65 bits per heavy atom. The fraction of sp³-hybridized carbons (Fsp3) is 0.133. The second-order valence-corrected chi connectivity index (χ2v) is 4.64. The molecule has 4 nitrogen and oxygen atoms in total. The zero-order valence-corrected chi connectivity index (χ0v) is 12.1. The highest BCUT2D eigenvalue weighted by molar-refractivity contribution is 7.80. The van der Waals surface area contributed by atoms with Crippen LogP contribution in [0.3, 0.4) is 0 Å². The number of thiocarbonyl (C=S) groups is 1. The van der Waals surface area contributed by atoms with Gasteiger partial charge in [0, 0.05) is 32.6 Å². The molecule has 0 aliphatic rings. The van der Waals surface area contributed by atoms with Crippen LogP contribution in [0, 0.1) is 11.3 Å². The van der Waals surface area contributed by atoms with Crippen molar-refractivity contribution in [2.45, 2.75) is 0 Å². The van der Waals surface area contributed by atoms with Crippen LogP contribution in [-0.2, 0) is 7.05 Å². The molecule has 0 spiro atoms. The van der Waals surface area contributed by atoms with Crippen LogP contribution in [0.15, 0.2) is 48.8 Å². The lowest BCUT2D eigenvalue weighted by atomic mass is 10.1. The van der Waals surface area contributed by atoms with E-state index in [1.165, 1.54) is 6.08 Å². The van der Waals surface area contributed by atoms with Gasteiger partial charge in [-0.25, -0.2) is 4.98 Å². The van der Waals surface area contributed by atoms with Crippen molar-refractivity contribution in [1.29, 1.82) is 5.26 Å². The van der Waals surface area contributed by atoms with E-state index in [4.69, 9.17) is 17.5 Å². The molecular formula is C15H14N4S.